The van der Waals surface area contributed by atoms with Crippen LogP contribution in [0.25, 0.3) is 0 Å². The predicted octanol–water partition coefficient (Wildman–Crippen LogP) is 2.50. The molecule has 1 aliphatic rings. The van der Waals surface area contributed by atoms with Crippen LogP contribution in [-0.4, -0.2) is 48.1 Å². The Balaban J connectivity index is 2.09. The van der Waals surface area contributed by atoms with Crippen molar-refractivity contribution in [3.05, 3.63) is 23.9 Å². The Labute approximate surface area is 129 Å². The maximum atomic E-state index is 4.60. The second-order valence-electron chi connectivity index (χ2n) is 7.28. The lowest BCUT2D eigenvalue weighted by atomic mass is 10.1. The summed E-state index contributed by atoms with van der Waals surface area (Å²) in [6.07, 6.45) is 3.14. The Hall–Kier alpha value is -1.13. The first-order valence-corrected chi connectivity index (χ1v) is 8.00. The first-order chi connectivity index (χ1) is 9.85. The number of nitrogens with one attached hydrogen (secondary N) is 1. The van der Waals surface area contributed by atoms with Gasteiger partial charge in [-0.15, -0.1) is 0 Å². The zero-order valence-corrected chi connectivity index (χ0v) is 14.2. The molecule has 0 spiro atoms. The van der Waals surface area contributed by atoms with Crippen LogP contribution < -0.4 is 10.2 Å². The molecule has 0 amide bonds. The van der Waals surface area contributed by atoms with Crippen LogP contribution in [0.15, 0.2) is 18.3 Å². The summed E-state index contributed by atoms with van der Waals surface area (Å²) in [5, 5.41) is 3.54. The molecule has 1 atom stereocenters. The number of aromatic nitrogens is 1. The third-order valence-corrected chi connectivity index (χ3v) is 3.97. The smallest absolute Gasteiger partial charge is 0.129 e. The lowest BCUT2D eigenvalue weighted by Crippen LogP contribution is -2.38. The van der Waals surface area contributed by atoms with Gasteiger partial charge < -0.3 is 15.1 Å². The molecule has 2 rings (SSSR count). The minimum absolute atomic E-state index is 0.141. The number of likely N-dealkylation sites (N-methyl/N-ethyl adjacent to an activating group) is 1. The Morgan fingerprint density at radius 3 is 2.81 bits per heavy atom. The van der Waals surface area contributed by atoms with Crippen LogP contribution in [0.2, 0.25) is 0 Å². The Bertz CT molecular complexity index is 452. The summed E-state index contributed by atoms with van der Waals surface area (Å²) >= 11 is 0. The fourth-order valence-corrected chi connectivity index (χ4v) is 2.81. The molecule has 2 heterocycles. The second-order valence-corrected chi connectivity index (χ2v) is 7.28. The van der Waals surface area contributed by atoms with Crippen LogP contribution >= 0.6 is 0 Å². The molecule has 1 aromatic rings. The van der Waals surface area contributed by atoms with E-state index in [1.165, 1.54) is 18.5 Å². The van der Waals surface area contributed by atoms with E-state index < -0.39 is 0 Å². The number of rotatable bonds is 3. The SMILES string of the molecule is CC1CN(C)CCCN1c1cc(CNC(C)(C)C)ccn1. The van der Waals surface area contributed by atoms with Gasteiger partial charge in [0, 0.05) is 37.4 Å². The zero-order valence-electron chi connectivity index (χ0n) is 14.2. The molecule has 1 aliphatic heterocycles. The van der Waals surface area contributed by atoms with E-state index >= 15 is 0 Å². The Kier molecular flexibility index (Phi) is 5.22. The number of hydrogen-bond donors (Lipinski definition) is 1. The zero-order chi connectivity index (χ0) is 15.5. The second kappa shape index (κ2) is 6.75. The van der Waals surface area contributed by atoms with Gasteiger partial charge in [-0.1, -0.05) is 0 Å². The van der Waals surface area contributed by atoms with Crippen LogP contribution in [0.1, 0.15) is 39.7 Å². The Morgan fingerprint density at radius 1 is 1.33 bits per heavy atom. The Morgan fingerprint density at radius 2 is 2.10 bits per heavy atom. The molecule has 1 fully saturated rings. The summed E-state index contributed by atoms with van der Waals surface area (Å²) in [6.45, 7) is 13.1. The minimum atomic E-state index is 0.141. The van der Waals surface area contributed by atoms with Gasteiger partial charge in [0.2, 0.25) is 0 Å². The molecule has 0 saturated carbocycles. The van der Waals surface area contributed by atoms with Crippen molar-refractivity contribution in [3.63, 3.8) is 0 Å². The molecule has 4 nitrogen and oxygen atoms in total. The van der Waals surface area contributed by atoms with Gasteiger partial charge >= 0.3 is 0 Å². The summed E-state index contributed by atoms with van der Waals surface area (Å²) in [6, 6.07) is 4.85. The van der Waals surface area contributed by atoms with E-state index in [1.807, 2.05) is 6.20 Å². The van der Waals surface area contributed by atoms with Crippen molar-refractivity contribution in [2.24, 2.45) is 0 Å². The predicted molar refractivity (Wildman–Crippen MR) is 89.8 cm³/mol. The van der Waals surface area contributed by atoms with Crippen LogP contribution in [0.5, 0.6) is 0 Å². The molecule has 1 unspecified atom stereocenters. The molecule has 1 aromatic heterocycles. The summed E-state index contributed by atoms with van der Waals surface area (Å²) in [5.74, 6) is 1.12. The lowest BCUT2D eigenvalue weighted by molar-refractivity contribution is 0.337. The maximum absolute atomic E-state index is 4.60. The van der Waals surface area contributed by atoms with Gasteiger partial charge in [-0.2, -0.15) is 0 Å². The van der Waals surface area contributed by atoms with Gasteiger partial charge in [-0.3, -0.25) is 0 Å². The average molecular weight is 290 g/mol. The molecule has 4 heteroatoms. The topological polar surface area (TPSA) is 31.4 Å². The maximum Gasteiger partial charge on any atom is 0.129 e. The van der Waals surface area contributed by atoms with E-state index in [9.17, 15) is 0 Å². The summed E-state index contributed by atoms with van der Waals surface area (Å²) in [5.41, 5.74) is 1.45. The van der Waals surface area contributed by atoms with E-state index in [0.29, 0.717) is 6.04 Å². The fraction of sp³-hybridized carbons (Fsp3) is 0.706. The first kappa shape index (κ1) is 16.2. The quantitative estimate of drug-likeness (QED) is 0.927. The van der Waals surface area contributed by atoms with E-state index in [1.54, 1.807) is 0 Å². The summed E-state index contributed by atoms with van der Waals surface area (Å²) < 4.78 is 0. The van der Waals surface area contributed by atoms with Crippen molar-refractivity contribution in [2.75, 3.05) is 31.6 Å². The number of anilines is 1. The normalized spacial score (nSPS) is 21.4. The monoisotopic (exact) mass is 290 g/mol. The average Bonchev–Trinajstić information content (AvgIpc) is 2.56. The molecule has 0 bridgehead atoms. The van der Waals surface area contributed by atoms with E-state index in [4.69, 9.17) is 0 Å². The molecular weight excluding hydrogens is 260 g/mol. The van der Waals surface area contributed by atoms with Gasteiger partial charge in [0.1, 0.15) is 5.82 Å². The summed E-state index contributed by atoms with van der Waals surface area (Å²) in [7, 11) is 2.21. The number of nitrogens with zero attached hydrogens (tertiary/aromatic N) is 3. The molecule has 0 aliphatic carbocycles. The van der Waals surface area contributed by atoms with E-state index in [0.717, 1.165) is 25.5 Å². The van der Waals surface area contributed by atoms with E-state index in [2.05, 4.69) is 67.0 Å². The largest absolute Gasteiger partial charge is 0.353 e. The standard InChI is InChI=1S/C17H30N4/c1-14-13-20(5)9-6-10-21(14)16-11-15(7-8-18-16)12-19-17(2,3)4/h7-8,11,14,19H,6,9-10,12-13H2,1-5H3. The first-order valence-electron chi connectivity index (χ1n) is 8.00. The van der Waals surface area contributed by atoms with Crippen molar-refractivity contribution in [1.29, 1.82) is 0 Å². The van der Waals surface area contributed by atoms with Gasteiger partial charge in [-0.25, -0.2) is 4.98 Å². The lowest BCUT2D eigenvalue weighted by Gasteiger charge is -2.29. The van der Waals surface area contributed by atoms with Crippen molar-refractivity contribution >= 4 is 5.82 Å². The van der Waals surface area contributed by atoms with Gasteiger partial charge in [-0.05, 0) is 65.4 Å². The third kappa shape index (κ3) is 4.97. The van der Waals surface area contributed by atoms with Crippen molar-refractivity contribution in [2.45, 2.75) is 52.2 Å². The molecule has 1 N–H and O–H groups in total. The molecule has 1 saturated heterocycles. The van der Waals surface area contributed by atoms with E-state index in [-0.39, 0.29) is 5.54 Å². The van der Waals surface area contributed by atoms with Crippen molar-refractivity contribution in [1.82, 2.24) is 15.2 Å². The minimum Gasteiger partial charge on any atom is -0.353 e. The molecule has 0 radical (unpaired) electrons. The highest BCUT2D eigenvalue weighted by atomic mass is 15.3. The van der Waals surface area contributed by atoms with Gasteiger partial charge in [0.05, 0.1) is 0 Å². The summed E-state index contributed by atoms with van der Waals surface area (Å²) in [4.78, 5) is 9.47. The van der Waals surface area contributed by atoms with Gasteiger partial charge in [0.25, 0.3) is 0 Å². The van der Waals surface area contributed by atoms with Crippen LogP contribution in [0.4, 0.5) is 5.82 Å². The number of pyridine rings is 1. The highest BCUT2D eigenvalue weighted by molar-refractivity contribution is 5.42. The van der Waals surface area contributed by atoms with Crippen LogP contribution in [-0.2, 0) is 6.54 Å². The van der Waals surface area contributed by atoms with Gasteiger partial charge in [0.15, 0.2) is 0 Å². The molecular formula is C17H30N4. The molecule has 21 heavy (non-hydrogen) atoms. The third-order valence-electron chi connectivity index (χ3n) is 3.97. The van der Waals surface area contributed by atoms with Crippen molar-refractivity contribution < 1.29 is 0 Å². The number of hydrogen-bond acceptors (Lipinski definition) is 4. The molecule has 118 valence electrons. The highest BCUT2D eigenvalue weighted by Gasteiger charge is 2.21. The van der Waals surface area contributed by atoms with Crippen LogP contribution in [0, 0.1) is 0 Å². The fourth-order valence-electron chi connectivity index (χ4n) is 2.81. The van der Waals surface area contributed by atoms with Crippen LogP contribution in [0.3, 0.4) is 0 Å². The highest BCUT2D eigenvalue weighted by Crippen LogP contribution is 2.19. The molecule has 0 aromatic carbocycles. The van der Waals surface area contributed by atoms with Crippen molar-refractivity contribution in [3.8, 4) is 0 Å².